The first-order valence-corrected chi connectivity index (χ1v) is 18.2. The molecule has 2 fully saturated rings. The van der Waals surface area contributed by atoms with Crippen LogP contribution in [0.2, 0.25) is 0 Å². The Morgan fingerprint density at radius 1 is 0.600 bits per heavy atom. The highest BCUT2D eigenvalue weighted by atomic mass is 16.7. The molecule has 0 aromatic rings. The van der Waals surface area contributed by atoms with Gasteiger partial charge in [0.15, 0.2) is 0 Å². The van der Waals surface area contributed by atoms with Gasteiger partial charge in [0.25, 0.3) is 0 Å². The number of piperidine rings is 2. The molecule has 0 aromatic carbocycles. The van der Waals surface area contributed by atoms with Crippen molar-refractivity contribution in [2.24, 2.45) is 11.8 Å². The minimum Gasteiger partial charge on any atom is -0.462 e. The van der Waals surface area contributed by atoms with Crippen LogP contribution in [0.3, 0.4) is 0 Å². The van der Waals surface area contributed by atoms with Crippen LogP contribution in [-0.4, -0.2) is 69.6 Å². The highest BCUT2D eigenvalue weighted by Crippen LogP contribution is 2.42. The number of esters is 2. The monoisotopic (exact) mass is 639 g/mol. The summed E-state index contributed by atoms with van der Waals surface area (Å²) >= 11 is 0. The van der Waals surface area contributed by atoms with Crippen LogP contribution in [0.4, 0.5) is 0 Å². The van der Waals surface area contributed by atoms with E-state index in [-0.39, 0.29) is 40.8 Å². The molecule has 8 nitrogen and oxygen atoms in total. The topological polar surface area (TPSA) is 77.5 Å². The summed E-state index contributed by atoms with van der Waals surface area (Å²) in [5, 5.41) is 4.25. The van der Waals surface area contributed by atoms with Gasteiger partial charge in [-0.25, -0.2) is 0 Å². The molecule has 0 saturated carbocycles. The van der Waals surface area contributed by atoms with Crippen molar-refractivity contribution < 1.29 is 28.7 Å². The number of carbonyl (C=O) groups excluding carboxylic acids is 2. The average molecular weight is 639 g/mol. The van der Waals surface area contributed by atoms with Crippen molar-refractivity contribution >= 4 is 11.9 Å². The first-order chi connectivity index (χ1) is 20.9. The SMILES string of the molecule is CCCCC(CC)CON1C(C)(C)CC(OC(=O)CC(=O)OC2CC(C)(C)N(OCC(CC)CCCC)C(C)(C)C2)CC1(C)C. The third kappa shape index (κ3) is 12.1. The number of carbonyl (C=O) groups is 2. The van der Waals surface area contributed by atoms with Crippen molar-refractivity contribution in [1.82, 2.24) is 10.1 Å². The fourth-order valence-corrected chi connectivity index (χ4v) is 7.94. The number of nitrogens with zero attached hydrogens (tertiary/aromatic N) is 2. The maximum Gasteiger partial charge on any atom is 0.317 e. The van der Waals surface area contributed by atoms with Crippen LogP contribution in [0.5, 0.6) is 0 Å². The Morgan fingerprint density at radius 2 is 0.911 bits per heavy atom. The summed E-state index contributed by atoms with van der Waals surface area (Å²) in [6, 6.07) is 0. The lowest BCUT2D eigenvalue weighted by Gasteiger charge is -2.53. The smallest absolute Gasteiger partial charge is 0.317 e. The minimum absolute atomic E-state index is 0.292. The van der Waals surface area contributed by atoms with Crippen LogP contribution in [-0.2, 0) is 28.7 Å². The summed E-state index contributed by atoms with van der Waals surface area (Å²) in [6.45, 7) is 27.5. The third-order valence-corrected chi connectivity index (χ3v) is 9.96. The molecule has 2 aliphatic rings. The molecule has 0 radical (unpaired) electrons. The zero-order chi connectivity index (χ0) is 34.1. The second-order valence-corrected chi connectivity index (χ2v) is 16.5. The molecule has 2 aliphatic heterocycles. The molecule has 0 amide bonds. The summed E-state index contributed by atoms with van der Waals surface area (Å²) in [7, 11) is 0. The average Bonchev–Trinajstić information content (AvgIpc) is 2.89. The Kier molecular flexibility index (Phi) is 15.3. The van der Waals surface area contributed by atoms with Gasteiger partial charge in [-0.15, -0.1) is 0 Å². The largest absolute Gasteiger partial charge is 0.462 e. The molecular formula is C37H70N2O6. The van der Waals surface area contributed by atoms with Crippen LogP contribution in [0.1, 0.15) is 167 Å². The fraction of sp³-hybridized carbons (Fsp3) is 0.946. The third-order valence-electron chi connectivity index (χ3n) is 9.96. The van der Waals surface area contributed by atoms with E-state index in [4.69, 9.17) is 19.1 Å². The van der Waals surface area contributed by atoms with Crippen LogP contribution in [0.25, 0.3) is 0 Å². The van der Waals surface area contributed by atoms with E-state index in [0.29, 0.717) is 50.7 Å². The number of rotatable bonds is 18. The van der Waals surface area contributed by atoms with Gasteiger partial charge in [0.1, 0.15) is 18.6 Å². The van der Waals surface area contributed by atoms with Crippen molar-refractivity contribution in [3.63, 3.8) is 0 Å². The van der Waals surface area contributed by atoms with Crippen LogP contribution in [0.15, 0.2) is 0 Å². The molecule has 2 rings (SSSR count). The number of hydrogen-bond donors (Lipinski definition) is 0. The van der Waals surface area contributed by atoms with Gasteiger partial charge in [0, 0.05) is 47.8 Å². The van der Waals surface area contributed by atoms with Gasteiger partial charge in [-0.3, -0.25) is 19.3 Å². The number of ether oxygens (including phenoxy) is 2. The Hall–Kier alpha value is -1.22. The molecule has 0 spiro atoms. The lowest BCUT2D eigenvalue weighted by Crippen LogP contribution is -2.62. The van der Waals surface area contributed by atoms with Gasteiger partial charge >= 0.3 is 11.9 Å². The summed E-state index contributed by atoms with van der Waals surface area (Å²) in [5.74, 6) is 0.0399. The summed E-state index contributed by atoms with van der Waals surface area (Å²) in [4.78, 5) is 38.9. The lowest BCUT2D eigenvalue weighted by atomic mass is 9.80. The van der Waals surface area contributed by atoms with E-state index in [0.717, 1.165) is 12.8 Å². The van der Waals surface area contributed by atoms with Crippen LogP contribution < -0.4 is 0 Å². The summed E-state index contributed by atoms with van der Waals surface area (Å²) in [5.41, 5.74) is -1.29. The molecule has 2 saturated heterocycles. The standard InChI is InChI=1S/C37H70N2O6/c1-13-17-19-28(15-3)26-42-38-34(5,6)22-30(23-35(38,7)8)44-32(40)21-33(41)45-31-24-36(9,10)39(37(11,12)25-31)43-27-29(16-4)20-18-14-2/h28-31H,13-27H2,1-12H3. The van der Waals surface area contributed by atoms with E-state index in [1.165, 1.54) is 38.5 Å². The molecule has 0 aliphatic carbocycles. The molecule has 2 unspecified atom stereocenters. The van der Waals surface area contributed by atoms with E-state index in [1.807, 2.05) is 0 Å². The predicted octanol–water partition coefficient (Wildman–Crippen LogP) is 8.80. The molecule has 0 N–H and O–H groups in total. The zero-order valence-corrected chi connectivity index (χ0v) is 31.3. The lowest BCUT2D eigenvalue weighted by molar-refractivity contribution is -0.298. The second-order valence-electron chi connectivity index (χ2n) is 16.5. The van der Waals surface area contributed by atoms with Gasteiger partial charge < -0.3 is 9.47 Å². The Labute approximate surface area is 276 Å². The highest BCUT2D eigenvalue weighted by molar-refractivity contribution is 5.91. The molecule has 264 valence electrons. The molecule has 8 heteroatoms. The number of hydroxylamine groups is 4. The minimum atomic E-state index is -0.520. The predicted molar refractivity (Wildman–Crippen MR) is 181 cm³/mol. The second kappa shape index (κ2) is 17.3. The van der Waals surface area contributed by atoms with E-state index >= 15 is 0 Å². The van der Waals surface area contributed by atoms with Gasteiger partial charge in [-0.1, -0.05) is 66.2 Å². The molecular weight excluding hydrogens is 568 g/mol. The molecule has 2 atom stereocenters. The zero-order valence-electron chi connectivity index (χ0n) is 31.3. The quantitative estimate of drug-likeness (QED) is 0.109. The number of hydrogen-bond acceptors (Lipinski definition) is 8. The van der Waals surface area contributed by atoms with Crippen molar-refractivity contribution in [3.05, 3.63) is 0 Å². The highest BCUT2D eigenvalue weighted by Gasteiger charge is 2.49. The van der Waals surface area contributed by atoms with Gasteiger partial charge in [-0.2, -0.15) is 10.1 Å². The normalized spacial score (nSPS) is 23.4. The van der Waals surface area contributed by atoms with Crippen molar-refractivity contribution in [2.45, 2.75) is 201 Å². The first-order valence-electron chi connectivity index (χ1n) is 18.2. The molecule has 45 heavy (non-hydrogen) atoms. The maximum absolute atomic E-state index is 13.0. The first kappa shape index (κ1) is 40.0. The van der Waals surface area contributed by atoms with Gasteiger partial charge in [-0.05, 0) is 80.1 Å². The Balaban J connectivity index is 1.91. The molecule has 0 aromatic heterocycles. The van der Waals surface area contributed by atoms with E-state index in [2.05, 4.69) is 93.2 Å². The fourth-order valence-electron chi connectivity index (χ4n) is 7.94. The summed E-state index contributed by atoms with van der Waals surface area (Å²) < 4.78 is 11.8. The van der Waals surface area contributed by atoms with Gasteiger partial charge in [0.2, 0.25) is 0 Å². The van der Waals surface area contributed by atoms with Crippen molar-refractivity contribution in [3.8, 4) is 0 Å². The summed E-state index contributed by atoms with van der Waals surface area (Å²) in [6.07, 6.45) is 11.0. The maximum atomic E-state index is 13.0. The number of unbranched alkanes of at least 4 members (excludes halogenated alkanes) is 2. The van der Waals surface area contributed by atoms with Crippen molar-refractivity contribution in [2.75, 3.05) is 13.2 Å². The van der Waals surface area contributed by atoms with E-state index in [1.54, 1.807) is 0 Å². The Bertz CT molecular complexity index is 809. The van der Waals surface area contributed by atoms with E-state index < -0.39 is 11.9 Å². The van der Waals surface area contributed by atoms with Gasteiger partial charge in [0.05, 0.1) is 13.2 Å². The van der Waals surface area contributed by atoms with E-state index in [9.17, 15) is 9.59 Å². The molecule has 0 bridgehead atoms. The van der Waals surface area contributed by atoms with Crippen LogP contribution >= 0.6 is 0 Å². The van der Waals surface area contributed by atoms with Crippen molar-refractivity contribution in [1.29, 1.82) is 0 Å². The molecule has 2 heterocycles. The Morgan fingerprint density at radius 3 is 1.18 bits per heavy atom. The van der Waals surface area contributed by atoms with Crippen LogP contribution in [0, 0.1) is 11.8 Å².